The predicted molar refractivity (Wildman–Crippen MR) is 61.9 cm³/mol. The Labute approximate surface area is 93.1 Å². The molecule has 0 bridgehead atoms. The number of rotatable bonds is 2. The van der Waals surface area contributed by atoms with Crippen LogP contribution in [0.5, 0.6) is 0 Å². The van der Waals surface area contributed by atoms with Crippen molar-refractivity contribution in [2.45, 2.75) is 6.04 Å². The summed E-state index contributed by atoms with van der Waals surface area (Å²) < 4.78 is 1.95. The van der Waals surface area contributed by atoms with Crippen molar-refractivity contribution in [1.29, 1.82) is 0 Å². The summed E-state index contributed by atoms with van der Waals surface area (Å²) >= 11 is 6.04. The number of aryl methyl sites for hydroxylation is 1. The molecule has 0 saturated heterocycles. The van der Waals surface area contributed by atoms with Crippen LogP contribution in [0.1, 0.15) is 11.6 Å². The maximum absolute atomic E-state index is 8.98. The minimum atomic E-state index is -0.330. The van der Waals surface area contributed by atoms with Crippen LogP contribution in [0, 0.1) is 0 Å². The first-order valence-electron chi connectivity index (χ1n) is 4.74. The molecule has 2 rings (SSSR count). The second-order valence-electron chi connectivity index (χ2n) is 3.65. The van der Waals surface area contributed by atoms with Gasteiger partial charge in [0, 0.05) is 24.1 Å². The van der Waals surface area contributed by atoms with Crippen LogP contribution in [0.3, 0.4) is 0 Å². The largest absolute Gasteiger partial charge is 0.394 e. The standard InChI is InChI=1S/C11H13ClN2O/c1-14-5-9(12)8-3-2-7(4-11(8)14)10(13)6-15/h2-5,10,15H,6,13H2,1H3. The van der Waals surface area contributed by atoms with Gasteiger partial charge in [-0.15, -0.1) is 0 Å². The van der Waals surface area contributed by atoms with E-state index in [2.05, 4.69) is 0 Å². The number of hydrogen-bond acceptors (Lipinski definition) is 2. The van der Waals surface area contributed by atoms with E-state index < -0.39 is 0 Å². The average molecular weight is 225 g/mol. The van der Waals surface area contributed by atoms with Crippen LogP contribution in [-0.4, -0.2) is 16.3 Å². The summed E-state index contributed by atoms with van der Waals surface area (Å²) in [6.07, 6.45) is 1.86. The third-order valence-electron chi connectivity index (χ3n) is 2.59. The number of aromatic nitrogens is 1. The smallest absolute Gasteiger partial charge is 0.0661 e. The normalized spacial score (nSPS) is 13.3. The van der Waals surface area contributed by atoms with Gasteiger partial charge in [-0.05, 0) is 11.6 Å². The van der Waals surface area contributed by atoms with Gasteiger partial charge in [-0.25, -0.2) is 0 Å². The first kappa shape index (κ1) is 10.5. The van der Waals surface area contributed by atoms with Crippen LogP contribution in [0.4, 0.5) is 0 Å². The van der Waals surface area contributed by atoms with E-state index in [1.165, 1.54) is 0 Å². The molecule has 0 amide bonds. The van der Waals surface area contributed by atoms with E-state index in [0.717, 1.165) is 21.5 Å². The van der Waals surface area contributed by atoms with Gasteiger partial charge in [0.1, 0.15) is 0 Å². The minimum absolute atomic E-state index is 0.0519. The molecule has 3 nitrogen and oxygen atoms in total. The molecule has 0 aliphatic carbocycles. The summed E-state index contributed by atoms with van der Waals surface area (Å²) in [5.74, 6) is 0. The highest BCUT2D eigenvalue weighted by atomic mass is 35.5. The molecule has 0 aliphatic rings. The van der Waals surface area contributed by atoms with Gasteiger partial charge >= 0.3 is 0 Å². The van der Waals surface area contributed by atoms with E-state index in [9.17, 15) is 0 Å². The van der Waals surface area contributed by atoms with Crippen LogP contribution < -0.4 is 5.73 Å². The Morgan fingerprint density at radius 3 is 2.93 bits per heavy atom. The van der Waals surface area contributed by atoms with Crippen LogP contribution >= 0.6 is 11.6 Å². The molecule has 0 aliphatic heterocycles. The van der Waals surface area contributed by atoms with E-state index in [4.69, 9.17) is 22.4 Å². The van der Waals surface area contributed by atoms with Crippen molar-refractivity contribution in [3.05, 3.63) is 35.0 Å². The van der Waals surface area contributed by atoms with Crippen molar-refractivity contribution in [3.63, 3.8) is 0 Å². The summed E-state index contributed by atoms with van der Waals surface area (Å²) in [6, 6.07) is 5.46. The fraction of sp³-hybridized carbons (Fsp3) is 0.273. The third-order valence-corrected chi connectivity index (χ3v) is 2.89. The molecule has 4 heteroatoms. The van der Waals surface area contributed by atoms with E-state index in [-0.39, 0.29) is 12.6 Å². The summed E-state index contributed by atoms with van der Waals surface area (Å²) in [7, 11) is 1.93. The third kappa shape index (κ3) is 1.74. The molecule has 80 valence electrons. The maximum Gasteiger partial charge on any atom is 0.0661 e. The van der Waals surface area contributed by atoms with Crippen molar-refractivity contribution in [1.82, 2.24) is 4.57 Å². The van der Waals surface area contributed by atoms with E-state index in [1.54, 1.807) is 0 Å². The molecule has 0 saturated carbocycles. The lowest BCUT2D eigenvalue weighted by Gasteiger charge is -2.08. The fourth-order valence-corrected chi connectivity index (χ4v) is 1.99. The van der Waals surface area contributed by atoms with E-state index >= 15 is 0 Å². The van der Waals surface area contributed by atoms with Crippen LogP contribution in [0.25, 0.3) is 10.9 Å². The first-order valence-corrected chi connectivity index (χ1v) is 5.12. The van der Waals surface area contributed by atoms with Gasteiger partial charge in [0.05, 0.1) is 17.7 Å². The first-order chi connectivity index (χ1) is 7.13. The topological polar surface area (TPSA) is 51.2 Å². The Morgan fingerprint density at radius 2 is 2.27 bits per heavy atom. The summed E-state index contributed by atoms with van der Waals surface area (Å²) in [5, 5.41) is 10.7. The maximum atomic E-state index is 8.98. The molecule has 1 atom stereocenters. The molecule has 0 spiro atoms. The number of fused-ring (bicyclic) bond motifs is 1. The zero-order chi connectivity index (χ0) is 11.0. The lowest BCUT2D eigenvalue weighted by molar-refractivity contribution is 0.268. The zero-order valence-corrected chi connectivity index (χ0v) is 9.20. The number of halogens is 1. The Kier molecular flexibility index (Phi) is 2.69. The molecule has 1 unspecified atom stereocenters. The summed E-state index contributed by atoms with van der Waals surface area (Å²) in [4.78, 5) is 0. The molecule has 1 aromatic carbocycles. The highest BCUT2D eigenvalue weighted by Crippen LogP contribution is 2.27. The second-order valence-corrected chi connectivity index (χ2v) is 4.06. The number of hydrogen-bond donors (Lipinski definition) is 2. The highest BCUT2D eigenvalue weighted by Gasteiger charge is 2.08. The number of aliphatic hydroxyl groups is 1. The Hall–Kier alpha value is -1.03. The van der Waals surface area contributed by atoms with Gasteiger partial charge in [-0.2, -0.15) is 0 Å². The van der Waals surface area contributed by atoms with Gasteiger partial charge in [-0.1, -0.05) is 23.7 Å². The molecule has 2 aromatic rings. The van der Waals surface area contributed by atoms with Gasteiger partial charge < -0.3 is 15.4 Å². The lowest BCUT2D eigenvalue weighted by Crippen LogP contribution is -2.14. The van der Waals surface area contributed by atoms with Gasteiger partial charge in [0.2, 0.25) is 0 Å². The predicted octanol–water partition coefficient (Wildman–Crippen LogP) is 1.82. The molecular weight excluding hydrogens is 212 g/mol. The van der Waals surface area contributed by atoms with Crippen LogP contribution in [0.2, 0.25) is 5.02 Å². The summed E-state index contributed by atoms with van der Waals surface area (Å²) in [5.41, 5.74) is 7.70. The van der Waals surface area contributed by atoms with Crippen molar-refractivity contribution in [3.8, 4) is 0 Å². The SMILES string of the molecule is Cn1cc(Cl)c2ccc(C(N)CO)cc21. The molecular formula is C11H13ClN2O. The number of aliphatic hydroxyl groups excluding tert-OH is 1. The molecule has 0 radical (unpaired) electrons. The average Bonchev–Trinajstić information content (AvgIpc) is 2.53. The zero-order valence-electron chi connectivity index (χ0n) is 8.44. The fourth-order valence-electron chi connectivity index (χ4n) is 1.69. The van der Waals surface area contributed by atoms with Gasteiger partial charge in [-0.3, -0.25) is 0 Å². The molecule has 3 N–H and O–H groups in total. The molecule has 1 aromatic heterocycles. The van der Waals surface area contributed by atoms with Gasteiger partial charge in [0.25, 0.3) is 0 Å². The number of benzene rings is 1. The Morgan fingerprint density at radius 1 is 1.53 bits per heavy atom. The number of nitrogens with two attached hydrogens (primary N) is 1. The monoisotopic (exact) mass is 224 g/mol. The van der Waals surface area contributed by atoms with E-state index in [0.29, 0.717) is 0 Å². The molecule has 15 heavy (non-hydrogen) atoms. The second kappa shape index (κ2) is 3.85. The summed E-state index contributed by atoms with van der Waals surface area (Å²) in [6.45, 7) is -0.0519. The van der Waals surface area contributed by atoms with Crippen LogP contribution in [-0.2, 0) is 7.05 Å². The minimum Gasteiger partial charge on any atom is -0.394 e. The Balaban J connectivity index is 2.60. The van der Waals surface area contributed by atoms with E-state index in [1.807, 2.05) is 36.0 Å². The number of nitrogens with zero attached hydrogens (tertiary/aromatic N) is 1. The highest BCUT2D eigenvalue weighted by molar-refractivity contribution is 6.35. The quantitative estimate of drug-likeness (QED) is 0.818. The van der Waals surface area contributed by atoms with Crippen molar-refractivity contribution >= 4 is 22.5 Å². The molecule has 0 fully saturated rings. The molecule has 1 heterocycles. The van der Waals surface area contributed by atoms with Crippen LogP contribution in [0.15, 0.2) is 24.4 Å². The lowest BCUT2D eigenvalue weighted by atomic mass is 10.1. The van der Waals surface area contributed by atoms with Gasteiger partial charge in [0.15, 0.2) is 0 Å². The van der Waals surface area contributed by atoms with Crippen molar-refractivity contribution in [2.24, 2.45) is 12.8 Å². The Bertz CT molecular complexity index is 493. The van der Waals surface area contributed by atoms with Crippen molar-refractivity contribution < 1.29 is 5.11 Å². The van der Waals surface area contributed by atoms with Crippen molar-refractivity contribution in [2.75, 3.05) is 6.61 Å².